The monoisotopic (exact) mass is 233 g/mol. The van der Waals surface area contributed by atoms with Crippen molar-refractivity contribution in [1.82, 2.24) is 4.57 Å². The smallest absolute Gasteiger partial charge is 0.352 e. The maximum absolute atomic E-state index is 11.2. The lowest BCUT2D eigenvalue weighted by molar-refractivity contribution is -0.137. The highest BCUT2D eigenvalue weighted by atomic mass is 16.4. The van der Waals surface area contributed by atoms with Crippen molar-refractivity contribution in [3.05, 3.63) is 35.5 Å². The lowest BCUT2D eigenvalue weighted by Crippen LogP contribution is -2.15. The number of rotatable bonds is 3. The third kappa shape index (κ3) is 1.75. The second-order valence-electron chi connectivity index (χ2n) is 3.78. The summed E-state index contributed by atoms with van der Waals surface area (Å²) in [5.74, 6) is -2.17. The number of fused-ring (bicyclic) bond motifs is 1. The van der Waals surface area contributed by atoms with E-state index in [1.54, 1.807) is 31.2 Å². The summed E-state index contributed by atoms with van der Waals surface area (Å²) >= 11 is 0. The average Bonchev–Trinajstić information content (AvgIpc) is 2.52. The number of para-hydroxylation sites is 1. The van der Waals surface area contributed by atoms with Crippen LogP contribution >= 0.6 is 0 Å². The van der Waals surface area contributed by atoms with E-state index in [1.165, 1.54) is 4.57 Å². The van der Waals surface area contributed by atoms with Gasteiger partial charge in [-0.3, -0.25) is 4.79 Å². The number of hydrogen-bond acceptors (Lipinski definition) is 2. The van der Waals surface area contributed by atoms with Crippen LogP contribution in [-0.2, 0) is 11.3 Å². The maximum atomic E-state index is 11.2. The number of carbonyl (C=O) groups is 2. The molecular weight excluding hydrogens is 222 g/mol. The van der Waals surface area contributed by atoms with Crippen LogP contribution < -0.4 is 0 Å². The Bertz CT molecular complexity index is 612. The van der Waals surface area contributed by atoms with Crippen molar-refractivity contribution >= 4 is 22.8 Å². The van der Waals surface area contributed by atoms with E-state index in [4.69, 9.17) is 10.2 Å². The van der Waals surface area contributed by atoms with E-state index in [-0.39, 0.29) is 12.2 Å². The Labute approximate surface area is 96.9 Å². The number of nitrogens with zero attached hydrogens (tertiary/aromatic N) is 1. The molecule has 0 aliphatic rings. The predicted molar refractivity (Wildman–Crippen MR) is 61.3 cm³/mol. The van der Waals surface area contributed by atoms with Crippen molar-refractivity contribution < 1.29 is 19.8 Å². The number of aryl methyl sites for hydroxylation is 1. The zero-order chi connectivity index (χ0) is 12.6. The quantitative estimate of drug-likeness (QED) is 0.846. The van der Waals surface area contributed by atoms with Gasteiger partial charge in [0, 0.05) is 10.9 Å². The summed E-state index contributed by atoms with van der Waals surface area (Å²) in [5, 5.41) is 18.7. The highest BCUT2D eigenvalue weighted by molar-refractivity contribution is 5.98. The molecule has 0 aliphatic carbocycles. The van der Waals surface area contributed by atoms with Crippen molar-refractivity contribution in [2.75, 3.05) is 0 Å². The molecule has 0 amide bonds. The van der Waals surface area contributed by atoms with Crippen molar-refractivity contribution in [1.29, 1.82) is 0 Å². The second-order valence-corrected chi connectivity index (χ2v) is 3.78. The fourth-order valence-electron chi connectivity index (χ4n) is 2.05. The minimum absolute atomic E-state index is 0.0357. The Morgan fingerprint density at radius 1 is 1.24 bits per heavy atom. The Morgan fingerprint density at radius 2 is 1.88 bits per heavy atom. The van der Waals surface area contributed by atoms with E-state index in [1.807, 2.05) is 0 Å². The lowest BCUT2D eigenvalue weighted by Gasteiger charge is -2.04. The molecule has 0 saturated carbocycles. The van der Waals surface area contributed by atoms with Gasteiger partial charge >= 0.3 is 11.9 Å². The van der Waals surface area contributed by atoms with Crippen molar-refractivity contribution in [2.24, 2.45) is 0 Å². The van der Waals surface area contributed by atoms with Crippen LogP contribution in [0.5, 0.6) is 0 Å². The van der Waals surface area contributed by atoms with E-state index in [0.29, 0.717) is 11.1 Å². The highest BCUT2D eigenvalue weighted by Crippen LogP contribution is 2.25. The number of aromatic nitrogens is 1. The van der Waals surface area contributed by atoms with Crippen LogP contribution in [0.25, 0.3) is 10.9 Å². The molecule has 5 heteroatoms. The number of carboxylic acid groups (broad SMARTS) is 2. The molecule has 2 aromatic rings. The van der Waals surface area contributed by atoms with Crippen LogP contribution in [-0.4, -0.2) is 26.7 Å². The van der Waals surface area contributed by atoms with Crippen molar-refractivity contribution in [3.63, 3.8) is 0 Å². The Hall–Kier alpha value is -2.30. The first-order valence-corrected chi connectivity index (χ1v) is 5.05. The highest BCUT2D eigenvalue weighted by Gasteiger charge is 2.20. The van der Waals surface area contributed by atoms with Gasteiger partial charge in [-0.05, 0) is 18.6 Å². The third-order valence-electron chi connectivity index (χ3n) is 2.72. The molecule has 0 unspecified atom stereocenters. The molecule has 88 valence electrons. The predicted octanol–water partition coefficient (Wildman–Crippen LogP) is 1.73. The Kier molecular flexibility index (Phi) is 2.59. The van der Waals surface area contributed by atoms with Crippen LogP contribution in [0.4, 0.5) is 0 Å². The van der Waals surface area contributed by atoms with Gasteiger partial charge in [-0.2, -0.15) is 0 Å². The molecule has 5 nitrogen and oxygen atoms in total. The largest absolute Gasteiger partial charge is 0.480 e. The third-order valence-corrected chi connectivity index (χ3v) is 2.72. The fraction of sp³-hybridized carbons (Fsp3) is 0.167. The van der Waals surface area contributed by atoms with Gasteiger partial charge < -0.3 is 14.8 Å². The summed E-state index contributed by atoms with van der Waals surface area (Å²) in [7, 11) is 0. The molecule has 0 spiro atoms. The molecule has 0 bridgehead atoms. The number of benzene rings is 1. The molecule has 1 heterocycles. The van der Waals surface area contributed by atoms with E-state index in [9.17, 15) is 9.59 Å². The summed E-state index contributed by atoms with van der Waals surface area (Å²) < 4.78 is 1.31. The minimum atomic E-state index is -1.11. The topological polar surface area (TPSA) is 79.5 Å². The molecule has 1 aromatic carbocycles. The van der Waals surface area contributed by atoms with Gasteiger partial charge in [0.2, 0.25) is 0 Å². The second kappa shape index (κ2) is 3.93. The van der Waals surface area contributed by atoms with Gasteiger partial charge in [0.1, 0.15) is 12.2 Å². The fourth-order valence-corrected chi connectivity index (χ4v) is 2.05. The summed E-state index contributed by atoms with van der Waals surface area (Å²) in [4.78, 5) is 22.0. The average molecular weight is 233 g/mol. The molecule has 0 saturated heterocycles. The summed E-state index contributed by atoms with van der Waals surface area (Å²) in [6.45, 7) is 1.33. The molecule has 17 heavy (non-hydrogen) atoms. The maximum Gasteiger partial charge on any atom is 0.352 e. The summed E-state index contributed by atoms with van der Waals surface area (Å²) in [6.07, 6.45) is 0. The normalized spacial score (nSPS) is 10.6. The van der Waals surface area contributed by atoms with Gasteiger partial charge in [0.15, 0.2) is 0 Å². The van der Waals surface area contributed by atoms with Crippen LogP contribution in [0.2, 0.25) is 0 Å². The zero-order valence-electron chi connectivity index (χ0n) is 9.17. The first kappa shape index (κ1) is 11.2. The lowest BCUT2D eigenvalue weighted by atomic mass is 10.1. The van der Waals surface area contributed by atoms with E-state index in [2.05, 4.69) is 0 Å². The Balaban J connectivity index is 2.80. The number of carboxylic acids is 2. The first-order valence-electron chi connectivity index (χ1n) is 5.05. The van der Waals surface area contributed by atoms with Crippen LogP contribution in [0, 0.1) is 6.92 Å². The van der Waals surface area contributed by atoms with Crippen molar-refractivity contribution in [3.8, 4) is 0 Å². The number of hydrogen-bond donors (Lipinski definition) is 2. The zero-order valence-corrected chi connectivity index (χ0v) is 9.17. The summed E-state index contributed by atoms with van der Waals surface area (Å²) in [5.41, 5.74) is 1.26. The van der Waals surface area contributed by atoms with Crippen LogP contribution in [0.3, 0.4) is 0 Å². The van der Waals surface area contributed by atoms with Gasteiger partial charge in [0.05, 0.1) is 0 Å². The van der Waals surface area contributed by atoms with E-state index < -0.39 is 11.9 Å². The minimum Gasteiger partial charge on any atom is -0.480 e. The standard InChI is InChI=1S/C12H11NO4/c1-7-8-4-2-3-5-9(8)13(6-10(14)15)11(7)12(16)17/h2-5H,6H2,1H3,(H,14,15)(H,16,17). The van der Waals surface area contributed by atoms with Gasteiger partial charge in [0.25, 0.3) is 0 Å². The molecule has 1 aromatic heterocycles. The summed E-state index contributed by atoms with van der Waals surface area (Å²) in [6, 6.07) is 7.06. The molecule has 0 atom stereocenters. The van der Waals surface area contributed by atoms with Crippen molar-refractivity contribution in [2.45, 2.75) is 13.5 Å². The molecule has 0 fully saturated rings. The molecule has 2 rings (SSSR count). The number of aromatic carboxylic acids is 1. The van der Waals surface area contributed by atoms with E-state index >= 15 is 0 Å². The first-order chi connectivity index (χ1) is 8.02. The SMILES string of the molecule is Cc1c(C(=O)O)n(CC(=O)O)c2ccccc12. The van der Waals surface area contributed by atoms with Crippen LogP contribution in [0.15, 0.2) is 24.3 Å². The molecule has 2 N–H and O–H groups in total. The van der Waals surface area contributed by atoms with E-state index in [0.717, 1.165) is 5.39 Å². The molecular formula is C12H11NO4. The van der Waals surface area contributed by atoms with Gasteiger partial charge in [-0.1, -0.05) is 18.2 Å². The molecule has 0 radical (unpaired) electrons. The number of aliphatic carboxylic acids is 1. The Morgan fingerprint density at radius 3 is 2.47 bits per heavy atom. The van der Waals surface area contributed by atoms with Gasteiger partial charge in [-0.25, -0.2) is 4.79 Å². The van der Waals surface area contributed by atoms with Gasteiger partial charge in [-0.15, -0.1) is 0 Å². The molecule has 0 aliphatic heterocycles. The van der Waals surface area contributed by atoms with Crippen LogP contribution in [0.1, 0.15) is 16.1 Å².